The number of terminal acetylenes is 1. The SMILES string of the molecule is C#Cc1ccc(C(C(=O)Nc2ccccc2C)N(C(=O)C(CC(N)=O)NC(=O)OC(C)(C)C)C(C)(C)CC)cc1. The van der Waals surface area contributed by atoms with Crippen LogP contribution in [0.1, 0.15) is 77.1 Å². The molecule has 2 aromatic rings. The summed E-state index contributed by atoms with van der Waals surface area (Å²) in [6.07, 6.45) is 4.61. The summed E-state index contributed by atoms with van der Waals surface area (Å²) in [6, 6.07) is 11.5. The van der Waals surface area contributed by atoms with Crippen LogP contribution in [0.5, 0.6) is 0 Å². The predicted octanol–water partition coefficient (Wildman–Crippen LogP) is 4.44. The Morgan fingerprint density at radius 3 is 2.12 bits per heavy atom. The maximum Gasteiger partial charge on any atom is 0.408 e. The number of aryl methyl sites for hydroxylation is 1. The van der Waals surface area contributed by atoms with E-state index in [4.69, 9.17) is 16.9 Å². The molecule has 9 heteroatoms. The van der Waals surface area contributed by atoms with Gasteiger partial charge in [0, 0.05) is 16.8 Å². The lowest BCUT2D eigenvalue weighted by atomic mass is 9.91. The number of hydrogen-bond acceptors (Lipinski definition) is 5. The molecule has 0 aliphatic rings. The Kier molecular flexibility index (Phi) is 10.5. The number of nitrogens with one attached hydrogen (secondary N) is 2. The number of nitrogens with zero attached hydrogens (tertiary/aromatic N) is 1. The van der Waals surface area contributed by atoms with Gasteiger partial charge >= 0.3 is 6.09 Å². The summed E-state index contributed by atoms with van der Waals surface area (Å²) in [7, 11) is 0. The summed E-state index contributed by atoms with van der Waals surface area (Å²) in [6.45, 7) is 12.4. The van der Waals surface area contributed by atoms with Crippen LogP contribution in [-0.2, 0) is 19.1 Å². The van der Waals surface area contributed by atoms with Gasteiger partial charge in [0.15, 0.2) is 0 Å². The molecule has 0 radical (unpaired) electrons. The number of para-hydroxylation sites is 1. The van der Waals surface area contributed by atoms with Crippen LogP contribution in [0, 0.1) is 19.3 Å². The van der Waals surface area contributed by atoms with Gasteiger partial charge in [0.25, 0.3) is 5.91 Å². The number of carbonyl (C=O) groups is 4. The van der Waals surface area contributed by atoms with E-state index in [9.17, 15) is 19.2 Å². The van der Waals surface area contributed by atoms with Crippen molar-refractivity contribution in [1.29, 1.82) is 0 Å². The van der Waals surface area contributed by atoms with Crippen LogP contribution in [0.4, 0.5) is 10.5 Å². The van der Waals surface area contributed by atoms with E-state index < -0.39 is 53.5 Å². The number of anilines is 1. The number of benzene rings is 2. The summed E-state index contributed by atoms with van der Waals surface area (Å²) >= 11 is 0. The van der Waals surface area contributed by atoms with Gasteiger partial charge in [0.1, 0.15) is 17.7 Å². The standard InChI is InChI=1S/C31H40N4O5/c1-9-21-15-17-22(18-16-21)26(27(37)33-23-14-12-11-13-20(23)3)35(31(7,8)10-2)28(38)24(19-25(32)36)34-29(39)40-30(4,5)6/h1,11-18,24,26H,10,19H2,2-8H3,(H2,32,36)(H,33,37)(H,34,39). The van der Waals surface area contributed by atoms with E-state index in [0.717, 1.165) is 5.56 Å². The highest BCUT2D eigenvalue weighted by Crippen LogP contribution is 2.33. The maximum absolute atomic E-state index is 14.3. The van der Waals surface area contributed by atoms with Crippen molar-refractivity contribution in [3.63, 3.8) is 0 Å². The molecule has 0 saturated heterocycles. The van der Waals surface area contributed by atoms with Crippen molar-refractivity contribution in [3.05, 3.63) is 65.2 Å². The van der Waals surface area contributed by atoms with Gasteiger partial charge in [-0.15, -0.1) is 6.42 Å². The van der Waals surface area contributed by atoms with Crippen molar-refractivity contribution in [2.75, 3.05) is 5.32 Å². The monoisotopic (exact) mass is 548 g/mol. The predicted molar refractivity (Wildman–Crippen MR) is 155 cm³/mol. The molecular weight excluding hydrogens is 508 g/mol. The van der Waals surface area contributed by atoms with Crippen LogP contribution in [0.2, 0.25) is 0 Å². The summed E-state index contributed by atoms with van der Waals surface area (Å²) < 4.78 is 5.33. The van der Waals surface area contributed by atoms with E-state index >= 15 is 0 Å². The fourth-order valence-corrected chi connectivity index (χ4v) is 4.06. The third-order valence-corrected chi connectivity index (χ3v) is 6.45. The van der Waals surface area contributed by atoms with E-state index in [1.54, 1.807) is 57.2 Å². The lowest BCUT2D eigenvalue weighted by Gasteiger charge is -2.44. The Morgan fingerprint density at radius 1 is 1.02 bits per heavy atom. The molecule has 214 valence electrons. The summed E-state index contributed by atoms with van der Waals surface area (Å²) in [4.78, 5) is 54.4. The average Bonchev–Trinajstić information content (AvgIpc) is 2.86. The van der Waals surface area contributed by atoms with E-state index in [1.165, 1.54) is 4.90 Å². The number of carbonyl (C=O) groups excluding carboxylic acids is 4. The Bertz CT molecular complexity index is 1270. The van der Waals surface area contributed by atoms with Crippen LogP contribution in [0.15, 0.2) is 48.5 Å². The minimum absolute atomic E-state index is 0.449. The molecule has 40 heavy (non-hydrogen) atoms. The quantitative estimate of drug-likeness (QED) is 0.378. The number of amides is 4. The number of hydrogen-bond donors (Lipinski definition) is 3. The van der Waals surface area contributed by atoms with Gasteiger partial charge in [-0.1, -0.05) is 43.2 Å². The lowest BCUT2D eigenvalue weighted by molar-refractivity contribution is -0.148. The number of rotatable bonds is 10. The van der Waals surface area contributed by atoms with E-state index in [1.807, 2.05) is 39.8 Å². The van der Waals surface area contributed by atoms with E-state index in [2.05, 4.69) is 16.6 Å². The molecule has 0 spiro atoms. The Hall–Kier alpha value is -4.32. The van der Waals surface area contributed by atoms with Crippen molar-refractivity contribution in [3.8, 4) is 12.3 Å². The molecule has 2 rings (SSSR count). The summed E-state index contributed by atoms with van der Waals surface area (Å²) in [5, 5.41) is 5.44. The average molecular weight is 549 g/mol. The fourth-order valence-electron chi connectivity index (χ4n) is 4.06. The van der Waals surface area contributed by atoms with Gasteiger partial charge in [-0.25, -0.2) is 4.79 Å². The van der Waals surface area contributed by atoms with Gasteiger partial charge in [0.2, 0.25) is 11.8 Å². The highest BCUT2D eigenvalue weighted by Gasteiger charge is 2.43. The fraction of sp³-hybridized carbons (Fsp3) is 0.419. The number of nitrogens with two attached hydrogens (primary N) is 1. The van der Waals surface area contributed by atoms with Crippen molar-refractivity contribution in [2.24, 2.45) is 5.73 Å². The number of ether oxygens (including phenoxy) is 1. The second-order valence-electron chi connectivity index (χ2n) is 11.2. The van der Waals surface area contributed by atoms with Gasteiger partial charge in [-0.2, -0.15) is 0 Å². The first-order valence-electron chi connectivity index (χ1n) is 13.1. The van der Waals surface area contributed by atoms with Crippen LogP contribution in [-0.4, -0.2) is 45.9 Å². The van der Waals surface area contributed by atoms with Crippen LogP contribution < -0.4 is 16.4 Å². The molecule has 0 aliphatic carbocycles. The normalized spacial score (nSPS) is 12.8. The third-order valence-electron chi connectivity index (χ3n) is 6.45. The Morgan fingerprint density at radius 2 is 1.62 bits per heavy atom. The van der Waals surface area contributed by atoms with Gasteiger partial charge < -0.3 is 26.0 Å². The lowest BCUT2D eigenvalue weighted by Crippen LogP contribution is -2.59. The molecular formula is C31H40N4O5. The van der Waals surface area contributed by atoms with Crippen molar-refractivity contribution >= 4 is 29.5 Å². The second-order valence-corrected chi connectivity index (χ2v) is 11.2. The molecule has 2 unspecified atom stereocenters. The first-order chi connectivity index (χ1) is 18.6. The van der Waals surface area contributed by atoms with Crippen LogP contribution in [0.25, 0.3) is 0 Å². The van der Waals surface area contributed by atoms with Crippen LogP contribution >= 0.6 is 0 Å². The minimum atomic E-state index is -1.38. The molecule has 0 bridgehead atoms. The number of primary amides is 1. The topological polar surface area (TPSA) is 131 Å². The maximum atomic E-state index is 14.3. The van der Waals surface area contributed by atoms with Crippen molar-refractivity contribution in [1.82, 2.24) is 10.2 Å². The molecule has 2 atom stereocenters. The summed E-state index contributed by atoms with van der Waals surface area (Å²) in [5.41, 5.74) is 6.25. The smallest absolute Gasteiger partial charge is 0.408 e. The molecule has 4 amide bonds. The molecule has 0 aromatic heterocycles. The summed E-state index contributed by atoms with van der Waals surface area (Å²) in [5.74, 6) is 0.603. The number of alkyl carbamates (subject to hydrolysis) is 1. The van der Waals surface area contributed by atoms with Crippen molar-refractivity contribution < 1.29 is 23.9 Å². The Labute approximate surface area is 236 Å². The van der Waals surface area contributed by atoms with E-state index in [0.29, 0.717) is 23.2 Å². The molecule has 0 fully saturated rings. The molecule has 2 aromatic carbocycles. The van der Waals surface area contributed by atoms with Gasteiger partial charge in [-0.3, -0.25) is 14.4 Å². The highest BCUT2D eigenvalue weighted by molar-refractivity contribution is 6.00. The zero-order valence-corrected chi connectivity index (χ0v) is 24.3. The largest absolute Gasteiger partial charge is 0.444 e. The molecule has 0 heterocycles. The third kappa shape index (κ3) is 8.60. The van der Waals surface area contributed by atoms with Gasteiger partial charge in [-0.05, 0) is 77.3 Å². The van der Waals surface area contributed by atoms with Crippen molar-refractivity contribution in [2.45, 2.75) is 84.5 Å². The molecule has 4 N–H and O–H groups in total. The highest BCUT2D eigenvalue weighted by atomic mass is 16.6. The molecule has 0 saturated carbocycles. The zero-order chi connectivity index (χ0) is 30.3. The molecule has 0 aliphatic heterocycles. The first-order valence-corrected chi connectivity index (χ1v) is 13.1. The second kappa shape index (κ2) is 13.2. The Balaban J connectivity index is 2.67. The first kappa shape index (κ1) is 31.9. The van der Waals surface area contributed by atoms with Gasteiger partial charge in [0.05, 0.1) is 6.42 Å². The van der Waals surface area contributed by atoms with E-state index in [-0.39, 0.29) is 0 Å². The minimum Gasteiger partial charge on any atom is -0.444 e. The molecule has 9 nitrogen and oxygen atoms in total. The zero-order valence-electron chi connectivity index (χ0n) is 24.3. The van der Waals surface area contributed by atoms with Crippen LogP contribution in [0.3, 0.4) is 0 Å².